The van der Waals surface area contributed by atoms with Crippen LogP contribution >= 0.6 is 0 Å². The number of hydrogen-bond acceptors (Lipinski definition) is 7. The Balaban J connectivity index is 0.000000396. The first-order valence-electron chi connectivity index (χ1n) is 5.94. The zero-order valence-corrected chi connectivity index (χ0v) is 12.4. The molecule has 0 saturated carbocycles. The van der Waals surface area contributed by atoms with Crippen LogP contribution in [0.5, 0.6) is 11.5 Å². The molecule has 0 saturated heterocycles. The Hall–Kier alpha value is -1.35. The second kappa shape index (κ2) is 7.44. The van der Waals surface area contributed by atoms with Crippen molar-refractivity contribution < 1.29 is 29.7 Å². The van der Waals surface area contributed by atoms with Crippen molar-refractivity contribution in [3.63, 3.8) is 0 Å². The fourth-order valence-corrected chi connectivity index (χ4v) is 0.697. The van der Waals surface area contributed by atoms with Gasteiger partial charge < -0.3 is 29.7 Å². The van der Waals surface area contributed by atoms with Gasteiger partial charge in [-0.25, -0.2) is 0 Å². The predicted molar refractivity (Wildman–Crippen MR) is 74.2 cm³/mol. The number of aliphatic hydroxyl groups is 2. The molecule has 0 amide bonds. The molecule has 0 radical (unpaired) electrons. The van der Waals surface area contributed by atoms with E-state index in [2.05, 4.69) is 9.64 Å². The predicted octanol–water partition coefficient (Wildman–Crippen LogP) is -0.0333. The molecule has 1 heterocycles. The molecular weight excluding hydrogens is 265 g/mol. The lowest BCUT2D eigenvalue weighted by Crippen LogP contribution is -2.44. The van der Waals surface area contributed by atoms with Gasteiger partial charge in [0.15, 0.2) is 0 Å². The zero-order valence-electron chi connectivity index (χ0n) is 12.4. The maximum atomic E-state index is 9.10. The number of methoxy groups -OCH3 is 1. The molecule has 20 heavy (non-hydrogen) atoms. The van der Waals surface area contributed by atoms with Gasteiger partial charge in [0, 0.05) is 6.07 Å². The molecule has 1 aromatic rings. The molecule has 114 valence electrons. The van der Waals surface area contributed by atoms with Crippen molar-refractivity contribution >= 4 is 7.32 Å². The summed E-state index contributed by atoms with van der Waals surface area (Å²) in [6.45, 7) is 6.31. The number of pyridine rings is 1. The highest BCUT2D eigenvalue weighted by molar-refractivity contribution is 6.33. The summed E-state index contributed by atoms with van der Waals surface area (Å²) < 4.78 is 9.36. The van der Waals surface area contributed by atoms with E-state index in [1.54, 1.807) is 27.7 Å². The lowest BCUT2D eigenvalue weighted by atomic mass is 9.90. The van der Waals surface area contributed by atoms with Crippen LogP contribution in [0, 0.1) is 0 Å². The van der Waals surface area contributed by atoms with Gasteiger partial charge in [-0.15, -0.1) is 0 Å². The quantitative estimate of drug-likeness (QED) is 0.575. The van der Waals surface area contributed by atoms with Crippen molar-refractivity contribution in [2.75, 3.05) is 7.11 Å². The van der Waals surface area contributed by atoms with E-state index in [1.807, 2.05) is 0 Å². The van der Waals surface area contributed by atoms with Crippen molar-refractivity contribution in [2.45, 2.75) is 38.9 Å². The Bertz CT molecular complexity index is 388. The smallest absolute Gasteiger partial charge is 0.511 e. The molecule has 0 atom stereocenters. The zero-order chi connectivity index (χ0) is 16.0. The minimum atomic E-state index is -1.83. The molecule has 0 spiro atoms. The van der Waals surface area contributed by atoms with E-state index in [9.17, 15) is 0 Å². The van der Waals surface area contributed by atoms with Crippen molar-refractivity contribution in [1.82, 2.24) is 4.98 Å². The van der Waals surface area contributed by atoms with Crippen LogP contribution in [0.15, 0.2) is 18.5 Å². The highest BCUT2D eigenvalue weighted by Gasteiger charge is 2.31. The van der Waals surface area contributed by atoms with Crippen LogP contribution in [0.3, 0.4) is 0 Å². The molecule has 0 aliphatic heterocycles. The van der Waals surface area contributed by atoms with Gasteiger partial charge in [-0.05, 0) is 27.7 Å². The van der Waals surface area contributed by atoms with Gasteiger partial charge in [-0.2, -0.15) is 0 Å². The highest BCUT2D eigenvalue weighted by Crippen LogP contribution is 2.19. The second-order valence-electron chi connectivity index (χ2n) is 5.12. The molecule has 0 bridgehead atoms. The van der Waals surface area contributed by atoms with Crippen molar-refractivity contribution in [2.24, 2.45) is 0 Å². The Morgan fingerprint density at radius 1 is 1.00 bits per heavy atom. The monoisotopic (exact) mass is 287 g/mol. The summed E-state index contributed by atoms with van der Waals surface area (Å²) in [7, 11) is -0.352. The van der Waals surface area contributed by atoms with Crippen LogP contribution in [-0.2, 0) is 0 Å². The number of hydrogen-bond donors (Lipinski definition) is 4. The average molecular weight is 287 g/mol. The van der Waals surface area contributed by atoms with Gasteiger partial charge in [0.25, 0.3) is 0 Å². The lowest BCUT2D eigenvalue weighted by molar-refractivity contribution is -0.107. The average Bonchev–Trinajstić information content (AvgIpc) is 2.26. The summed E-state index contributed by atoms with van der Waals surface area (Å²) in [5.74, 6) is 0.734. The normalized spacial score (nSPS) is 11.2. The van der Waals surface area contributed by atoms with E-state index >= 15 is 0 Å². The van der Waals surface area contributed by atoms with Gasteiger partial charge in [0.05, 0.1) is 30.7 Å². The number of nitrogens with zero attached hydrogens (tertiary/aromatic N) is 1. The summed E-state index contributed by atoms with van der Waals surface area (Å²) >= 11 is 0. The highest BCUT2D eigenvalue weighted by atomic mass is 16.6. The van der Waals surface area contributed by atoms with Gasteiger partial charge in [0.2, 0.25) is 0 Å². The second-order valence-corrected chi connectivity index (χ2v) is 5.12. The molecule has 0 unspecified atom stereocenters. The first kappa shape index (κ1) is 18.7. The minimum Gasteiger partial charge on any atom is -0.511 e. The fourth-order valence-electron chi connectivity index (χ4n) is 0.697. The largest absolute Gasteiger partial charge is 0.707 e. The van der Waals surface area contributed by atoms with Gasteiger partial charge in [-0.1, -0.05) is 0 Å². The van der Waals surface area contributed by atoms with E-state index in [0.717, 1.165) is 0 Å². The third kappa shape index (κ3) is 7.29. The molecule has 7 nitrogen and oxygen atoms in total. The van der Waals surface area contributed by atoms with Crippen molar-refractivity contribution in [1.29, 1.82) is 0 Å². The maximum absolute atomic E-state index is 9.10. The SMILES string of the molecule is CC(C)(O)C(C)(C)O.COc1cncc(OB(O)O)c1. The Kier molecular flexibility index (Phi) is 6.94. The molecule has 8 heteroatoms. The summed E-state index contributed by atoms with van der Waals surface area (Å²) in [5.41, 5.74) is -2.01. The first-order chi connectivity index (χ1) is 8.97. The minimum absolute atomic E-state index is 0.240. The van der Waals surface area contributed by atoms with Gasteiger partial charge in [-0.3, -0.25) is 4.98 Å². The van der Waals surface area contributed by atoms with Crippen LogP contribution in [0.1, 0.15) is 27.7 Å². The van der Waals surface area contributed by atoms with Crippen LogP contribution in [0.2, 0.25) is 0 Å². The number of aromatic nitrogens is 1. The molecule has 4 N–H and O–H groups in total. The topological polar surface area (TPSA) is 112 Å². The van der Waals surface area contributed by atoms with Crippen molar-refractivity contribution in [3.8, 4) is 11.5 Å². The number of rotatable bonds is 4. The summed E-state index contributed by atoms with van der Waals surface area (Å²) in [6.07, 6.45) is 2.83. The fraction of sp³-hybridized carbons (Fsp3) is 0.583. The molecule has 1 rings (SSSR count). The molecule has 0 fully saturated rings. The number of ether oxygens (including phenoxy) is 1. The van der Waals surface area contributed by atoms with Gasteiger partial charge >= 0.3 is 7.32 Å². The molecular formula is C12H22BNO6. The third-order valence-electron chi connectivity index (χ3n) is 2.66. The van der Waals surface area contributed by atoms with Crippen LogP contribution in [0.25, 0.3) is 0 Å². The Labute approximate surface area is 119 Å². The Morgan fingerprint density at radius 3 is 1.80 bits per heavy atom. The standard InChI is InChI=1S/C6H8BNO4.C6H14O2/c1-11-5-2-6(4-8-3-5)12-7(9)10;1-5(2,7)6(3,4)8/h2-4,9-10H,1H3;7-8H,1-4H3. The van der Waals surface area contributed by atoms with Crippen LogP contribution < -0.4 is 9.39 Å². The van der Waals surface area contributed by atoms with Crippen molar-refractivity contribution in [3.05, 3.63) is 18.5 Å². The Morgan fingerprint density at radius 2 is 1.45 bits per heavy atom. The van der Waals surface area contributed by atoms with Crippen LogP contribution in [0.4, 0.5) is 0 Å². The lowest BCUT2D eigenvalue weighted by Gasteiger charge is -2.31. The molecule has 0 aliphatic carbocycles. The van der Waals surface area contributed by atoms with Crippen LogP contribution in [-0.4, -0.2) is 50.9 Å². The summed E-state index contributed by atoms with van der Waals surface area (Å²) in [5, 5.41) is 35.1. The summed E-state index contributed by atoms with van der Waals surface area (Å²) in [6, 6.07) is 1.49. The van der Waals surface area contributed by atoms with Gasteiger partial charge in [0.1, 0.15) is 11.5 Å². The first-order valence-corrected chi connectivity index (χ1v) is 5.94. The van der Waals surface area contributed by atoms with E-state index < -0.39 is 18.5 Å². The maximum Gasteiger partial charge on any atom is 0.707 e. The molecule has 0 aromatic carbocycles. The molecule has 1 aromatic heterocycles. The van der Waals surface area contributed by atoms with E-state index in [0.29, 0.717) is 5.75 Å². The van der Waals surface area contributed by atoms with E-state index in [-0.39, 0.29) is 5.75 Å². The van der Waals surface area contributed by atoms with E-state index in [1.165, 1.54) is 25.6 Å². The summed E-state index contributed by atoms with van der Waals surface area (Å²) in [4.78, 5) is 3.74. The van der Waals surface area contributed by atoms with E-state index in [4.69, 9.17) is 25.0 Å². The third-order valence-corrected chi connectivity index (χ3v) is 2.66. The molecule has 0 aliphatic rings.